The van der Waals surface area contributed by atoms with E-state index in [1.807, 2.05) is 0 Å². The minimum absolute atomic E-state index is 0.0206. The standard InChI is InChI=1S/C16H13N3O5S/c20-15(11-4-6-13(7-5-11)18(21)22)17-8-9-25-16(17)12-2-1-3-14(10-12)19(23)24/h1-7,10,16H,8-9H2/t16-/m1/s1. The van der Waals surface area contributed by atoms with Gasteiger partial charge in [0.2, 0.25) is 0 Å². The van der Waals surface area contributed by atoms with Gasteiger partial charge in [-0.2, -0.15) is 0 Å². The molecule has 1 amide bonds. The number of benzene rings is 2. The van der Waals surface area contributed by atoms with Crippen LogP contribution in [0.1, 0.15) is 21.3 Å². The number of nitrogens with zero attached hydrogens (tertiary/aromatic N) is 3. The van der Waals surface area contributed by atoms with E-state index in [1.165, 1.54) is 48.2 Å². The third-order valence-electron chi connectivity index (χ3n) is 3.84. The van der Waals surface area contributed by atoms with Crippen LogP contribution in [0.25, 0.3) is 0 Å². The molecular formula is C16H13N3O5S. The molecule has 1 heterocycles. The molecule has 1 fully saturated rings. The second-order valence-electron chi connectivity index (χ2n) is 5.38. The molecule has 0 unspecified atom stereocenters. The van der Waals surface area contributed by atoms with Crippen molar-refractivity contribution in [3.8, 4) is 0 Å². The van der Waals surface area contributed by atoms with Gasteiger partial charge >= 0.3 is 0 Å². The zero-order valence-electron chi connectivity index (χ0n) is 12.9. The highest BCUT2D eigenvalue weighted by Gasteiger charge is 2.32. The zero-order chi connectivity index (χ0) is 18.0. The van der Waals surface area contributed by atoms with E-state index < -0.39 is 9.85 Å². The minimum atomic E-state index is -0.522. The molecule has 1 atom stereocenters. The van der Waals surface area contributed by atoms with Crippen LogP contribution >= 0.6 is 11.8 Å². The molecule has 25 heavy (non-hydrogen) atoms. The van der Waals surface area contributed by atoms with E-state index in [0.717, 1.165) is 0 Å². The Hall–Kier alpha value is -2.94. The summed E-state index contributed by atoms with van der Waals surface area (Å²) < 4.78 is 0. The van der Waals surface area contributed by atoms with E-state index >= 15 is 0 Å². The van der Waals surface area contributed by atoms with Gasteiger partial charge < -0.3 is 4.90 Å². The fourth-order valence-electron chi connectivity index (χ4n) is 2.64. The SMILES string of the molecule is O=C(c1ccc([N+](=O)[O-])cc1)N1CCS[C@@H]1c1cccc([N+](=O)[O-])c1. The molecule has 1 aliphatic heterocycles. The number of hydrogen-bond acceptors (Lipinski definition) is 6. The number of nitro benzene ring substituents is 2. The van der Waals surface area contributed by atoms with Crippen LogP contribution in [0.2, 0.25) is 0 Å². The molecule has 0 saturated carbocycles. The summed E-state index contributed by atoms with van der Waals surface area (Å²) in [5, 5.41) is 21.4. The predicted octanol–water partition coefficient (Wildman–Crippen LogP) is 3.39. The Morgan fingerprint density at radius 1 is 1.04 bits per heavy atom. The summed E-state index contributed by atoms with van der Waals surface area (Å²) in [5.41, 5.74) is 0.936. The maximum Gasteiger partial charge on any atom is 0.269 e. The normalized spacial score (nSPS) is 16.6. The van der Waals surface area contributed by atoms with Crippen LogP contribution in [0, 0.1) is 20.2 Å². The second-order valence-corrected chi connectivity index (χ2v) is 6.57. The average Bonchev–Trinajstić information content (AvgIpc) is 3.11. The molecule has 0 spiro atoms. The lowest BCUT2D eigenvalue weighted by Gasteiger charge is -2.24. The van der Waals surface area contributed by atoms with E-state index in [9.17, 15) is 25.0 Å². The molecule has 0 bridgehead atoms. The summed E-state index contributed by atoms with van der Waals surface area (Å²) in [7, 11) is 0. The largest absolute Gasteiger partial charge is 0.322 e. The van der Waals surface area contributed by atoms with Gasteiger partial charge in [-0.15, -0.1) is 11.8 Å². The van der Waals surface area contributed by atoms with E-state index in [4.69, 9.17) is 0 Å². The van der Waals surface area contributed by atoms with Gasteiger partial charge in [-0.25, -0.2) is 0 Å². The summed E-state index contributed by atoms with van der Waals surface area (Å²) in [4.78, 5) is 35.0. The summed E-state index contributed by atoms with van der Waals surface area (Å²) >= 11 is 1.53. The van der Waals surface area contributed by atoms with Crippen molar-refractivity contribution in [2.75, 3.05) is 12.3 Å². The fraction of sp³-hybridized carbons (Fsp3) is 0.188. The lowest BCUT2D eigenvalue weighted by atomic mass is 10.1. The Bertz CT molecular complexity index is 840. The Morgan fingerprint density at radius 2 is 1.72 bits per heavy atom. The van der Waals surface area contributed by atoms with Crippen LogP contribution < -0.4 is 0 Å². The Balaban J connectivity index is 1.85. The number of carbonyl (C=O) groups excluding carboxylic acids is 1. The summed E-state index contributed by atoms with van der Waals surface area (Å²) in [6.07, 6.45) is 0. The third-order valence-corrected chi connectivity index (χ3v) is 5.10. The van der Waals surface area contributed by atoms with Crippen LogP contribution in [0.3, 0.4) is 0 Å². The van der Waals surface area contributed by atoms with Crippen molar-refractivity contribution in [1.82, 2.24) is 4.90 Å². The lowest BCUT2D eigenvalue weighted by Crippen LogP contribution is -2.30. The summed E-state index contributed by atoms with van der Waals surface area (Å²) in [6, 6.07) is 11.7. The first-order valence-corrected chi connectivity index (χ1v) is 8.43. The first kappa shape index (κ1) is 16.9. The molecule has 8 nitrogen and oxygen atoms in total. The van der Waals surface area contributed by atoms with Crippen LogP contribution in [-0.4, -0.2) is 33.0 Å². The highest BCUT2D eigenvalue weighted by Crippen LogP contribution is 2.39. The van der Waals surface area contributed by atoms with Gasteiger partial charge in [0.1, 0.15) is 5.37 Å². The molecule has 9 heteroatoms. The van der Waals surface area contributed by atoms with Gasteiger partial charge in [-0.3, -0.25) is 25.0 Å². The quantitative estimate of drug-likeness (QED) is 0.612. The topological polar surface area (TPSA) is 107 Å². The van der Waals surface area contributed by atoms with Gasteiger partial charge in [0.25, 0.3) is 17.3 Å². The average molecular weight is 359 g/mol. The smallest absolute Gasteiger partial charge is 0.269 e. The van der Waals surface area contributed by atoms with Crippen molar-refractivity contribution in [1.29, 1.82) is 0 Å². The van der Waals surface area contributed by atoms with Crippen molar-refractivity contribution in [2.45, 2.75) is 5.37 Å². The van der Waals surface area contributed by atoms with Crippen LogP contribution in [0.15, 0.2) is 48.5 Å². The van der Waals surface area contributed by atoms with Crippen molar-refractivity contribution in [3.05, 3.63) is 79.9 Å². The molecular weight excluding hydrogens is 346 g/mol. The van der Waals surface area contributed by atoms with Crippen LogP contribution in [-0.2, 0) is 0 Å². The number of nitro groups is 2. The van der Waals surface area contributed by atoms with Gasteiger partial charge in [0.05, 0.1) is 9.85 Å². The van der Waals surface area contributed by atoms with Gasteiger partial charge in [-0.1, -0.05) is 12.1 Å². The molecule has 2 aromatic carbocycles. The molecule has 1 saturated heterocycles. The van der Waals surface area contributed by atoms with E-state index in [1.54, 1.807) is 17.0 Å². The van der Waals surface area contributed by atoms with E-state index in [-0.39, 0.29) is 22.7 Å². The number of thioether (sulfide) groups is 1. The monoisotopic (exact) mass is 359 g/mol. The first-order chi connectivity index (χ1) is 12.0. The highest BCUT2D eigenvalue weighted by molar-refractivity contribution is 7.99. The number of non-ortho nitro benzene ring substituents is 2. The predicted molar refractivity (Wildman–Crippen MR) is 92.4 cm³/mol. The van der Waals surface area contributed by atoms with E-state index in [0.29, 0.717) is 23.4 Å². The Labute approximate surface area is 146 Å². The maximum atomic E-state index is 12.7. The minimum Gasteiger partial charge on any atom is -0.322 e. The Kier molecular flexibility index (Phi) is 4.66. The van der Waals surface area contributed by atoms with Gasteiger partial charge in [0.15, 0.2) is 0 Å². The molecule has 0 radical (unpaired) electrons. The maximum absolute atomic E-state index is 12.7. The van der Waals surface area contributed by atoms with Gasteiger partial charge in [-0.05, 0) is 17.7 Å². The molecule has 3 rings (SSSR count). The van der Waals surface area contributed by atoms with Crippen molar-refractivity contribution in [3.63, 3.8) is 0 Å². The van der Waals surface area contributed by atoms with Crippen LogP contribution in [0.4, 0.5) is 11.4 Å². The molecule has 0 N–H and O–H groups in total. The zero-order valence-corrected chi connectivity index (χ0v) is 13.7. The summed E-state index contributed by atoms with van der Waals surface area (Å²) in [6.45, 7) is 0.508. The Morgan fingerprint density at radius 3 is 2.36 bits per heavy atom. The van der Waals surface area contributed by atoms with Crippen LogP contribution in [0.5, 0.6) is 0 Å². The number of amides is 1. The van der Waals surface area contributed by atoms with Crippen molar-refractivity contribution < 1.29 is 14.6 Å². The second kappa shape index (κ2) is 6.89. The molecule has 1 aliphatic rings. The van der Waals surface area contributed by atoms with E-state index in [2.05, 4.69) is 0 Å². The fourth-order valence-corrected chi connectivity index (χ4v) is 3.88. The third kappa shape index (κ3) is 3.45. The van der Waals surface area contributed by atoms with Crippen molar-refractivity contribution >= 4 is 29.0 Å². The molecule has 2 aromatic rings. The molecule has 0 aromatic heterocycles. The number of carbonyl (C=O) groups is 1. The first-order valence-electron chi connectivity index (χ1n) is 7.39. The molecule has 0 aliphatic carbocycles. The number of rotatable bonds is 4. The van der Waals surface area contributed by atoms with Crippen molar-refractivity contribution in [2.24, 2.45) is 0 Å². The molecule has 128 valence electrons. The lowest BCUT2D eigenvalue weighted by molar-refractivity contribution is -0.385. The summed E-state index contributed by atoms with van der Waals surface area (Å²) in [5.74, 6) is 0.461. The number of hydrogen-bond donors (Lipinski definition) is 0. The van der Waals surface area contributed by atoms with Gasteiger partial charge in [0, 0.05) is 42.1 Å². The highest BCUT2D eigenvalue weighted by atomic mass is 32.2.